The van der Waals surface area contributed by atoms with Gasteiger partial charge in [0, 0.05) is 33.4 Å². The van der Waals surface area contributed by atoms with Gasteiger partial charge in [0.25, 0.3) is 5.91 Å². The van der Waals surface area contributed by atoms with Crippen LogP contribution in [0.1, 0.15) is 47.6 Å². The van der Waals surface area contributed by atoms with Gasteiger partial charge in [0.1, 0.15) is 0 Å². The molecule has 1 aromatic carbocycles. The molecule has 0 spiro atoms. The highest BCUT2D eigenvalue weighted by Gasteiger charge is 2.30. The van der Waals surface area contributed by atoms with E-state index < -0.39 is 15.3 Å². The Morgan fingerprint density at radius 1 is 1.33 bits per heavy atom. The Labute approximate surface area is 177 Å². The summed E-state index contributed by atoms with van der Waals surface area (Å²) in [5.74, 6) is -0.270. The predicted molar refractivity (Wildman–Crippen MR) is 113 cm³/mol. The topological polar surface area (TPSA) is 106 Å². The molecular formula is C20H29N5O4S. The number of carbonyl (C=O) groups is 1. The molecular weight excluding hydrogens is 406 g/mol. The molecule has 2 aromatic rings. The lowest BCUT2D eigenvalue weighted by molar-refractivity contribution is 0.0943. The molecule has 2 heterocycles. The van der Waals surface area contributed by atoms with Crippen molar-refractivity contribution in [2.75, 3.05) is 26.8 Å². The molecule has 9 nitrogen and oxygen atoms in total. The molecule has 0 unspecified atom stereocenters. The standard InChI is InChI=1S/C20H29N5O4S/c1-14(2)30(27,28)24-11-9-17-16(13-24)7-5-8-18(17)25-15(3)19(22-23-25)20(26)21-10-6-12-29-4/h5,7-8,14H,6,9-13H2,1-4H3,(H,21,26). The van der Waals surface area contributed by atoms with Crippen LogP contribution in [-0.4, -0.2) is 65.7 Å². The zero-order valence-corrected chi connectivity index (χ0v) is 18.7. The smallest absolute Gasteiger partial charge is 0.273 e. The Bertz CT molecular complexity index is 1020. The summed E-state index contributed by atoms with van der Waals surface area (Å²) in [6, 6.07) is 5.75. The lowest BCUT2D eigenvalue weighted by Gasteiger charge is -2.30. The Morgan fingerprint density at radius 2 is 2.10 bits per heavy atom. The van der Waals surface area contributed by atoms with E-state index in [-0.39, 0.29) is 11.6 Å². The highest BCUT2D eigenvalue weighted by atomic mass is 32.2. The molecule has 0 aliphatic carbocycles. The number of carbonyl (C=O) groups excluding carboxylic acids is 1. The highest BCUT2D eigenvalue weighted by molar-refractivity contribution is 7.89. The molecule has 1 aliphatic heterocycles. The summed E-state index contributed by atoms with van der Waals surface area (Å²) in [6.07, 6.45) is 1.30. The number of nitrogens with one attached hydrogen (secondary N) is 1. The fraction of sp³-hybridized carbons (Fsp3) is 0.550. The molecule has 0 fully saturated rings. The van der Waals surface area contributed by atoms with E-state index in [1.54, 1.807) is 25.6 Å². The minimum absolute atomic E-state index is 0.270. The number of benzene rings is 1. The molecule has 0 saturated carbocycles. The van der Waals surface area contributed by atoms with Gasteiger partial charge < -0.3 is 10.1 Å². The van der Waals surface area contributed by atoms with Crippen molar-refractivity contribution in [3.05, 3.63) is 40.7 Å². The van der Waals surface area contributed by atoms with Gasteiger partial charge in [-0.3, -0.25) is 4.79 Å². The fourth-order valence-corrected chi connectivity index (χ4v) is 4.81. The summed E-state index contributed by atoms with van der Waals surface area (Å²) in [4.78, 5) is 12.4. The van der Waals surface area contributed by atoms with Crippen LogP contribution in [0.3, 0.4) is 0 Å². The van der Waals surface area contributed by atoms with Crippen LogP contribution < -0.4 is 5.32 Å². The summed E-state index contributed by atoms with van der Waals surface area (Å²) in [5, 5.41) is 10.7. The number of rotatable bonds is 8. The monoisotopic (exact) mass is 435 g/mol. The minimum Gasteiger partial charge on any atom is -0.385 e. The maximum absolute atomic E-state index is 12.6. The maximum Gasteiger partial charge on any atom is 0.273 e. The van der Waals surface area contributed by atoms with Crippen molar-refractivity contribution in [2.45, 2.75) is 45.4 Å². The number of sulfonamides is 1. The number of ether oxygens (including phenoxy) is 1. The maximum atomic E-state index is 12.6. The van der Waals surface area contributed by atoms with E-state index in [1.165, 1.54) is 4.31 Å². The van der Waals surface area contributed by atoms with Crippen LogP contribution in [0.2, 0.25) is 0 Å². The van der Waals surface area contributed by atoms with E-state index in [0.717, 1.165) is 23.2 Å². The third-order valence-corrected chi connectivity index (χ3v) is 7.53. The van der Waals surface area contributed by atoms with Crippen LogP contribution in [0.25, 0.3) is 5.69 Å². The summed E-state index contributed by atoms with van der Waals surface area (Å²) in [5.41, 5.74) is 3.74. The normalized spacial score (nSPS) is 14.7. The zero-order chi connectivity index (χ0) is 21.9. The second-order valence-corrected chi connectivity index (χ2v) is 10.1. The van der Waals surface area contributed by atoms with Gasteiger partial charge in [0.05, 0.1) is 16.6 Å². The number of fused-ring (bicyclic) bond motifs is 1. The number of nitrogens with zero attached hydrogens (tertiary/aromatic N) is 4. The van der Waals surface area contributed by atoms with Gasteiger partial charge in [-0.15, -0.1) is 5.10 Å². The molecule has 0 saturated heterocycles. The first kappa shape index (κ1) is 22.4. The molecule has 1 N–H and O–H groups in total. The van der Waals surface area contributed by atoms with E-state index >= 15 is 0 Å². The minimum atomic E-state index is -3.31. The van der Waals surface area contributed by atoms with Crippen molar-refractivity contribution in [1.82, 2.24) is 24.6 Å². The van der Waals surface area contributed by atoms with Gasteiger partial charge in [-0.2, -0.15) is 4.31 Å². The quantitative estimate of drug-likeness (QED) is 0.629. The number of methoxy groups -OCH3 is 1. The van der Waals surface area contributed by atoms with Gasteiger partial charge in [0.15, 0.2) is 5.69 Å². The van der Waals surface area contributed by atoms with Crippen molar-refractivity contribution in [3.8, 4) is 5.69 Å². The summed E-state index contributed by atoms with van der Waals surface area (Å²) >= 11 is 0. The average molecular weight is 436 g/mol. The van der Waals surface area contributed by atoms with Crippen LogP contribution >= 0.6 is 0 Å². The second-order valence-electron chi connectivity index (χ2n) is 7.63. The molecule has 1 amide bonds. The van der Waals surface area contributed by atoms with E-state index in [2.05, 4.69) is 15.6 Å². The van der Waals surface area contributed by atoms with Crippen molar-refractivity contribution in [2.24, 2.45) is 0 Å². The zero-order valence-electron chi connectivity index (χ0n) is 17.9. The summed E-state index contributed by atoms with van der Waals surface area (Å²) < 4.78 is 33.3. The molecule has 164 valence electrons. The van der Waals surface area contributed by atoms with E-state index in [4.69, 9.17) is 4.74 Å². The molecule has 10 heteroatoms. The van der Waals surface area contributed by atoms with Gasteiger partial charge in [-0.05, 0) is 50.8 Å². The molecule has 0 radical (unpaired) electrons. The van der Waals surface area contributed by atoms with E-state index in [0.29, 0.717) is 38.4 Å². The van der Waals surface area contributed by atoms with Crippen LogP contribution in [0.5, 0.6) is 0 Å². The SMILES string of the molecule is COCCCNC(=O)c1nnn(-c2cccc3c2CCN(S(=O)(=O)C(C)C)C3)c1C. The van der Waals surface area contributed by atoms with Crippen LogP contribution in [0.4, 0.5) is 0 Å². The van der Waals surface area contributed by atoms with Crippen molar-refractivity contribution in [3.63, 3.8) is 0 Å². The van der Waals surface area contributed by atoms with Crippen LogP contribution in [-0.2, 0) is 27.7 Å². The fourth-order valence-electron chi connectivity index (χ4n) is 3.55. The predicted octanol–water partition coefficient (Wildman–Crippen LogP) is 1.44. The van der Waals surface area contributed by atoms with Gasteiger partial charge in [-0.1, -0.05) is 17.3 Å². The first-order chi connectivity index (χ1) is 14.3. The molecule has 30 heavy (non-hydrogen) atoms. The molecule has 1 aliphatic rings. The molecule has 3 rings (SSSR count). The van der Waals surface area contributed by atoms with Gasteiger partial charge in [-0.25, -0.2) is 13.1 Å². The number of hydrogen-bond acceptors (Lipinski definition) is 6. The highest BCUT2D eigenvalue weighted by Crippen LogP contribution is 2.28. The number of hydrogen-bond donors (Lipinski definition) is 1. The Kier molecular flexibility index (Phi) is 6.89. The Morgan fingerprint density at radius 3 is 2.80 bits per heavy atom. The van der Waals surface area contributed by atoms with Crippen molar-refractivity contribution in [1.29, 1.82) is 0 Å². The number of aromatic nitrogens is 3. The molecule has 0 bridgehead atoms. The Hall–Kier alpha value is -2.30. The lowest BCUT2D eigenvalue weighted by atomic mass is 9.99. The van der Waals surface area contributed by atoms with Gasteiger partial charge in [0.2, 0.25) is 10.0 Å². The first-order valence-electron chi connectivity index (χ1n) is 10.1. The first-order valence-corrected chi connectivity index (χ1v) is 11.6. The Balaban J connectivity index is 1.84. The van der Waals surface area contributed by atoms with Crippen molar-refractivity contribution >= 4 is 15.9 Å². The molecule has 0 atom stereocenters. The van der Waals surface area contributed by atoms with E-state index in [9.17, 15) is 13.2 Å². The summed E-state index contributed by atoms with van der Waals surface area (Å²) in [7, 11) is -1.69. The van der Waals surface area contributed by atoms with Crippen LogP contribution in [0, 0.1) is 6.92 Å². The number of amides is 1. The third-order valence-electron chi connectivity index (χ3n) is 5.31. The second kappa shape index (κ2) is 9.23. The molecule has 1 aromatic heterocycles. The largest absolute Gasteiger partial charge is 0.385 e. The van der Waals surface area contributed by atoms with Crippen molar-refractivity contribution < 1.29 is 17.9 Å². The third kappa shape index (κ3) is 4.40. The summed E-state index contributed by atoms with van der Waals surface area (Å²) in [6.45, 7) is 7.03. The van der Waals surface area contributed by atoms with Gasteiger partial charge >= 0.3 is 0 Å². The van der Waals surface area contributed by atoms with E-state index in [1.807, 2.05) is 25.1 Å². The average Bonchev–Trinajstić information content (AvgIpc) is 3.11. The lowest BCUT2D eigenvalue weighted by Crippen LogP contribution is -2.40. The van der Waals surface area contributed by atoms with Crippen LogP contribution in [0.15, 0.2) is 18.2 Å².